The zero-order valence-electron chi connectivity index (χ0n) is 18.9. The molecule has 13 heteroatoms. The zero-order chi connectivity index (χ0) is 25.7. The third-order valence-electron chi connectivity index (χ3n) is 5.85. The summed E-state index contributed by atoms with van der Waals surface area (Å²) in [5.74, 6) is 1.85. The molecule has 1 saturated carbocycles. The van der Waals surface area contributed by atoms with E-state index in [1.807, 2.05) is 0 Å². The number of fused-ring (bicyclic) bond motifs is 1. The number of pyridine rings is 1. The molecule has 37 heavy (non-hydrogen) atoms. The Kier molecular flexibility index (Phi) is 6.15. The van der Waals surface area contributed by atoms with Crippen LogP contribution in [0.2, 0.25) is 15.2 Å². The van der Waals surface area contributed by atoms with E-state index in [9.17, 15) is 8.42 Å². The lowest BCUT2D eigenvalue weighted by Gasteiger charge is -2.31. The summed E-state index contributed by atoms with van der Waals surface area (Å²) in [5, 5.41) is 4.80. The average molecular weight is 580 g/mol. The lowest BCUT2D eigenvalue weighted by Crippen LogP contribution is -2.37. The van der Waals surface area contributed by atoms with Crippen LogP contribution in [0.25, 0.3) is 11.5 Å². The first-order valence-electron chi connectivity index (χ1n) is 11.2. The number of hydrogen-bond acceptors (Lipinski definition) is 8. The predicted molar refractivity (Wildman–Crippen MR) is 138 cm³/mol. The highest BCUT2D eigenvalue weighted by molar-refractivity contribution is 7.92. The molecule has 2 aliphatic rings. The van der Waals surface area contributed by atoms with Crippen LogP contribution in [0.5, 0.6) is 17.4 Å². The van der Waals surface area contributed by atoms with Crippen LogP contribution in [0.4, 0.5) is 5.69 Å². The molecule has 0 saturated heterocycles. The molecule has 0 amide bonds. The van der Waals surface area contributed by atoms with Gasteiger partial charge in [0.15, 0.2) is 5.82 Å². The topological polar surface area (TPSA) is 108 Å². The Bertz CT molecular complexity index is 1610. The average Bonchev–Trinajstić information content (AvgIpc) is 3.60. The summed E-state index contributed by atoms with van der Waals surface area (Å²) in [4.78, 5) is 8.73. The van der Waals surface area contributed by atoms with Crippen molar-refractivity contribution in [1.29, 1.82) is 0 Å². The van der Waals surface area contributed by atoms with Gasteiger partial charge in [-0.25, -0.2) is 13.4 Å². The van der Waals surface area contributed by atoms with Gasteiger partial charge in [-0.15, -0.1) is 0 Å². The molecule has 1 aliphatic heterocycles. The molecule has 1 fully saturated rings. The molecule has 2 aromatic carbocycles. The molecule has 2 aromatic heterocycles. The van der Waals surface area contributed by atoms with Gasteiger partial charge in [0.25, 0.3) is 15.9 Å². The number of hydrogen-bond donors (Lipinski definition) is 0. The molecule has 6 rings (SSSR count). The van der Waals surface area contributed by atoms with Gasteiger partial charge in [-0.3, -0.25) is 4.31 Å². The molecule has 0 atom stereocenters. The number of sulfonamides is 1. The minimum Gasteiger partial charge on any atom is -0.489 e. The van der Waals surface area contributed by atoms with Crippen molar-refractivity contribution in [3.8, 4) is 28.8 Å². The second-order valence-electron chi connectivity index (χ2n) is 8.48. The van der Waals surface area contributed by atoms with E-state index in [1.165, 1.54) is 40.7 Å². The minimum absolute atomic E-state index is 0.0912. The van der Waals surface area contributed by atoms with Gasteiger partial charge in [0.2, 0.25) is 5.88 Å². The van der Waals surface area contributed by atoms with E-state index in [0.29, 0.717) is 34.0 Å². The number of ether oxygens (including phenoxy) is 2. The van der Waals surface area contributed by atoms with Crippen LogP contribution in [-0.4, -0.2) is 36.7 Å². The number of halogens is 3. The van der Waals surface area contributed by atoms with Crippen molar-refractivity contribution in [2.45, 2.75) is 23.7 Å². The van der Waals surface area contributed by atoms with Crippen molar-refractivity contribution in [1.82, 2.24) is 15.1 Å². The second kappa shape index (κ2) is 9.36. The Hall–Kier alpha value is -3.05. The Morgan fingerprint density at radius 3 is 2.54 bits per heavy atom. The van der Waals surface area contributed by atoms with Crippen LogP contribution < -0.4 is 13.8 Å². The summed E-state index contributed by atoms with van der Waals surface area (Å²) >= 11 is 18.6. The van der Waals surface area contributed by atoms with E-state index in [-0.39, 0.29) is 45.5 Å². The van der Waals surface area contributed by atoms with Crippen molar-refractivity contribution < 1.29 is 22.4 Å². The summed E-state index contributed by atoms with van der Waals surface area (Å²) in [6.07, 6.45) is 2.07. The van der Waals surface area contributed by atoms with E-state index in [2.05, 4.69) is 15.1 Å². The molecule has 1 aliphatic carbocycles. The van der Waals surface area contributed by atoms with Crippen LogP contribution in [0.15, 0.2) is 57.9 Å². The first-order valence-corrected chi connectivity index (χ1v) is 13.8. The monoisotopic (exact) mass is 578 g/mol. The van der Waals surface area contributed by atoms with Crippen molar-refractivity contribution in [3.05, 3.63) is 69.6 Å². The molecule has 3 heterocycles. The van der Waals surface area contributed by atoms with Crippen LogP contribution in [0.1, 0.15) is 24.6 Å². The molecular formula is C24H17Cl3N4O5S. The first-order chi connectivity index (χ1) is 17.8. The molecule has 0 bridgehead atoms. The number of rotatable bonds is 6. The molecule has 9 nitrogen and oxygen atoms in total. The number of nitrogens with zero attached hydrogens (tertiary/aromatic N) is 4. The van der Waals surface area contributed by atoms with Crippen molar-refractivity contribution in [2.24, 2.45) is 0 Å². The van der Waals surface area contributed by atoms with Crippen molar-refractivity contribution in [3.63, 3.8) is 0 Å². The van der Waals surface area contributed by atoms with Crippen LogP contribution in [0, 0.1) is 0 Å². The Morgan fingerprint density at radius 2 is 1.78 bits per heavy atom. The van der Waals surface area contributed by atoms with E-state index >= 15 is 0 Å². The highest BCUT2D eigenvalue weighted by atomic mass is 35.5. The van der Waals surface area contributed by atoms with Gasteiger partial charge in [0.1, 0.15) is 23.3 Å². The normalized spacial score (nSPS) is 15.3. The van der Waals surface area contributed by atoms with Gasteiger partial charge in [-0.05, 0) is 43.2 Å². The fourth-order valence-corrected chi connectivity index (χ4v) is 5.85. The molecule has 0 spiro atoms. The lowest BCUT2D eigenvalue weighted by atomic mass is 10.2. The Labute approximate surface area is 226 Å². The van der Waals surface area contributed by atoms with Crippen molar-refractivity contribution in [2.75, 3.05) is 17.5 Å². The third kappa shape index (κ3) is 4.82. The molecule has 0 radical (unpaired) electrons. The van der Waals surface area contributed by atoms with E-state index in [1.54, 1.807) is 12.1 Å². The highest BCUT2D eigenvalue weighted by Crippen LogP contribution is 2.44. The Balaban J connectivity index is 1.34. The summed E-state index contributed by atoms with van der Waals surface area (Å²) in [6.45, 7) is 0.252. The van der Waals surface area contributed by atoms with Gasteiger partial charge < -0.3 is 14.0 Å². The number of anilines is 1. The summed E-state index contributed by atoms with van der Waals surface area (Å²) in [5.41, 5.74) is 0.799. The van der Waals surface area contributed by atoms with Crippen LogP contribution in [-0.2, 0) is 10.0 Å². The summed E-state index contributed by atoms with van der Waals surface area (Å²) < 4.78 is 45.1. The maximum absolute atomic E-state index is 13.4. The summed E-state index contributed by atoms with van der Waals surface area (Å²) in [7, 11) is -3.91. The highest BCUT2D eigenvalue weighted by Gasteiger charge is 2.32. The SMILES string of the molecule is O=S(=O)(c1ccc(Cl)cc1)N1CCOc2cc(Cl)c(Oc3cc(-c4nc(C5CC5)no4)cc(Cl)n3)cc21. The largest absolute Gasteiger partial charge is 0.489 e. The van der Waals surface area contributed by atoms with Crippen LogP contribution in [0.3, 0.4) is 0 Å². The molecular weight excluding hydrogens is 563 g/mol. The quantitative estimate of drug-likeness (QED) is 0.243. The molecule has 190 valence electrons. The third-order valence-corrected chi connectivity index (χ3v) is 8.42. The van der Waals surface area contributed by atoms with Gasteiger partial charge in [-0.1, -0.05) is 40.0 Å². The predicted octanol–water partition coefficient (Wildman–Crippen LogP) is 6.35. The fraction of sp³-hybridized carbons (Fsp3) is 0.208. The van der Waals surface area contributed by atoms with Gasteiger partial charge in [-0.2, -0.15) is 4.98 Å². The minimum atomic E-state index is -3.91. The maximum Gasteiger partial charge on any atom is 0.264 e. The number of aromatic nitrogens is 3. The Morgan fingerprint density at radius 1 is 1.00 bits per heavy atom. The molecule has 4 aromatic rings. The standard InChI is InChI=1S/C24H17Cl3N4O5S/c25-15-3-5-16(6-4-15)37(32,33)31-7-8-34-20-11-17(26)19(12-18(20)31)35-22-10-14(9-21(27)28-22)24-29-23(30-36-24)13-1-2-13/h3-6,9-13H,1-2,7-8H2. The fourth-order valence-electron chi connectivity index (χ4n) is 3.88. The second-order valence-corrected chi connectivity index (χ2v) is 11.6. The maximum atomic E-state index is 13.4. The molecule has 0 N–H and O–H groups in total. The van der Waals surface area contributed by atoms with E-state index < -0.39 is 10.0 Å². The zero-order valence-corrected chi connectivity index (χ0v) is 22.0. The van der Waals surface area contributed by atoms with Gasteiger partial charge in [0.05, 0.1) is 22.2 Å². The van der Waals surface area contributed by atoms with Gasteiger partial charge in [0, 0.05) is 34.7 Å². The van der Waals surface area contributed by atoms with Crippen molar-refractivity contribution >= 4 is 50.5 Å². The smallest absolute Gasteiger partial charge is 0.264 e. The van der Waals surface area contributed by atoms with E-state index in [4.69, 9.17) is 48.8 Å². The number of benzene rings is 2. The first kappa shape index (κ1) is 24.3. The summed E-state index contributed by atoms with van der Waals surface area (Å²) in [6, 6.07) is 12.1. The van der Waals surface area contributed by atoms with E-state index in [0.717, 1.165) is 12.8 Å². The lowest BCUT2D eigenvalue weighted by molar-refractivity contribution is 0.315. The van der Waals surface area contributed by atoms with Gasteiger partial charge >= 0.3 is 0 Å². The molecule has 0 unspecified atom stereocenters. The van der Waals surface area contributed by atoms with Crippen LogP contribution >= 0.6 is 34.8 Å².